The Morgan fingerprint density at radius 3 is 2.67 bits per heavy atom. The van der Waals surface area contributed by atoms with E-state index < -0.39 is 0 Å². The molecule has 2 rings (SSSR count). The number of methoxy groups -OCH3 is 1. The van der Waals surface area contributed by atoms with Crippen molar-refractivity contribution in [2.24, 2.45) is 0 Å². The Labute approximate surface area is 106 Å². The summed E-state index contributed by atoms with van der Waals surface area (Å²) in [5.41, 5.74) is 6.45. The Kier molecular flexibility index (Phi) is 4.16. The summed E-state index contributed by atoms with van der Waals surface area (Å²) in [4.78, 5) is 12.5. The third-order valence-corrected chi connectivity index (χ3v) is 3.11. The molecular formula is C11H19N5O2. The van der Waals surface area contributed by atoms with Gasteiger partial charge in [-0.25, -0.2) is 4.98 Å². The maximum atomic E-state index is 8.90. The van der Waals surface area contributed by atoms with Crippen LogP contribution in [0.15, 0.2) is 6.33 Å². The third-order valence-electron chi connectivity index (χ3n) is 3.11. The van der Waals surface area contributed by atoms with Crippen molar-refractivity contribution in [2.75, 3.05) is 57.1 Å². The molecule has 1 aliphatic rings. The lowest BCUT2D eigenvalue weighted by Gasteiger charge is -2.35. The second-order valence-corrected chi connectivity index (χ2v) is 4.17. The monoisotopic (exact) mass is 253 g/mol. The largest absolute Gasteiger partial charge is 0.479 e. The van der Waals surface area contributed by atoms with Gasteiger partial charge < -0.3 is 20.5 Å². The van der Waals surface area contributed by atoms with Crippen LogP contribution in [0.25, 0.3) is 0 Å². The molecule has 0 radical (unpaired) electrons. The van der Waals surface area contributed by atoms with E-state index in [0.29, 0.717) is 11.6 Å². The summed E-state index contributed by atoms with van der Waals surface area (Å²) >= 11 is 0. The van der Waals surface area contributed by atoms with Crippen LogP contribution in [0.1, 0.15) is 0 Å². The molecule has 3 N–H and O–H groups in total. The summed E-state index contributed by atoms with van der Waals surface area (Å²) in [6, 6.07) is 0. The van der Waals surface area contributed by atoms with Gasteiger partial charge in [0.2, 0.25) is 5.88 Å². The van der Waals surface area contributed by atoms with E-state index in [9.17, 15) is 0 Å². The minimum Gasteiger partial charge on any atom is -0.479 e. The molecule has 0 aliphatic carbocycles. The molecule has 100 valence electrons. The fourth-order valence-electron chi connectivity index (χ4n) is 2.11. The van der Waals surface area contributed by atoms with Gasteiger partial charge in [0.25, 0.3) is 0 Å². The van der Waals surface area contributed by atoms with E-state index in [4.69, 9.17) is 15.6 Å². The second kappa shape index (κ2) is 5.83. The summed E-state index contributed by atoms with van der Waals surface area (Å²) in [5, 5.41) is 8.90. The first kappa shape index (κ1) is 12.8. The van der Waals surface area contributed by atoms with Crippen LogP contribution in [0, 0.1) is 0 Å². The first-order chi connectivity index (χ1) is 8.76. The Bertz CT molecular complexity index is 393. The van der Waals surface area contributed by atoms with E-state index in [1.54, 1.807) is 7.11 Å². The second-order valence-electron chi connectivity index (χ2n) is 4.17. The van der Waals surface area contributed by atoms with Gasteiger partial charge in [0.1, 0.15) is 12.0 Å². The van der Waals surface area contributed by atoms with Gasteiger partial charge >= 0.3 is 0 Å². The highest BCUT2D eigenvalue weighted by atomic mass is 16.5. The van der Waals surface area contributed by atoms with Gasteiger partial charge in [0.05, 0.1) is 13.7 Å². The molecular weight excluding hydrogens is 234 g/mol. The zero-order chi connectivity index (χ0) is 13.0. The normalized spacial score (nSPS) is 16.9. The molecule has 1 aliphatic heterocycles. The molecule has 0 bridgehead atoms. The molecule has 0 spiro atoms. The molecule has 1 aromatic rings. The highest BCUT2D eigenvalue weighted by Gasteiger charge is 2.20. The third kappa shape index (κ3) is 2.62. The predicted octanol–water partition coefficient (Wildman–Crippen LogP) is -0.818. The van der Waals surface area contributed by atoms with Crippen molar-refractivity contribution < 1.29 is 9.84 Å². The number of hydrogen-bond acceptors (Lipinski definition) is 7. The number of anilines is 2. The van der Waals surface area contributed by atoms with Crippen molar-refractivity contribution >= 4 is 11.5 Å². The van der Waals surface area contributed by atoms with Crippen LogP contribution in [0.3, 0.4) is 0 Å². The summed E-state index contributed by atoms with van der Waals surface area (Å²) in [7, 11) is 1.54. The topological polar surface area (TPSA) is 87.7 Å². The van der Waals surface area contributed by atoms with Crippen molar-refractivity contribution in [2.45, 2.75) is 0 Å². The predicted molar refractivity (Wildman–Crippen MR) is 68.7 cm³/mol. The van der Waals surface area contributed by atoms with Crippen molar-refractivity contribution in [3.63, 3.8) is 0 Å². The summed E-state index contributed by atoms with van der Waals surface area (Å²) in [6.07, 6.45) is 1.46. The van der Waals surface area contributed by atoms with Crippen LogP contribution in [0.5, 0.6) is 5.88 Å². The molecule has 0 atom stereocenters. The first-order valence-electron chi connectivity index (χ1n) is 5.99. The molecule has 0 aromatic carbocycles. The van der Waals surface area contributed by atoms with E-state index >= 15 is 0 Å². The molecule has 18 heavy (non-hydrogen) atoms. The zero-order valence-electron chi connectivity index (χ0n) is 10.5. The fraction of sp³-hybridized carbons (Fsp3) is 0.636. The van der Waals surface area contributed by atoms with Crippen molar-refractivity contribution in [3.05, 3.63) is 6.33 Å². The number of aliphatic hydroxyl groups excluding tert-OH is 1. The lowest BCUT2D eigenvalue weighted by atomic mass is 10.3. The van der Waals surface area contributed by atoms with Crippen LogP contribution in [0.4, 0.5) is 11.5 Å². The van der Waals surface area contributed by atoms with Crippen molar-refractivity contribution in [1.82, 2.24) is 14.9 Å². The molecule has 7 heteroatoms. The number of ether oxygens (including phenoxy) is 1. The van der Waals surface area contributed by atoms with Gasteiger partial charge in [-0.2, -0.15) is 4.98 Å². The average Bonchev–Trinajstić information content (AvgIpc) is 2.41. The number of aliphatic hydroxyl groups is 1. The highest BCUT2D eigenvalue weighted by Crippen LogP contribution is 2.27. The number of nitrogens with two attached hydrogens (primary N) is 1. The zero-order valence-corrected chi connectivity index (χ0v) is 10.5. The number of β-amino-alcohol motifs (C(OH)–C–C–N with tert-alkyl or cyclic N) is 1. The minimum absolute atomic E-state index is 0.198. The molecule has 0 amide bonds. The lowest BCUT2D eigenvalue weighted by molar-refractivity contribution is 0.188. The van der Waals surface area contributed by atoms with E-state index in [1.807, 2.05) is 0 Å². The number of nitrogens with zero attached hydrogens (tertiary/aromatic N) is 4. The van der Waals surface area contributed by atoms with Crippen molar-refractivity contribution in [1.29, 1.82) is 0 Å². The summed E-state index contributed by atoms with van der Waals surface area (Å²) in [5.74, 6) is 1.14. The number of hydrogen-bond donors (Lipinski definition) is 2. The van der Waals surface area contributed by atoms with Gasteiger partial charge in [0, 0.05) is 32.7 Å². The van der Waals surface area contributed by atoms with Gasteiger partial charge in [-0.1, -0.05) is 0 Å². The van der Waals surface area contributed by atoms with Gasteiger partial charge in [0.15, 0.2) is 5.82 Å². The number of piperazine rings is 1. The molecule has 0 saturated carbocycles. The molecule has 7 nitrogen and oxygen atoms in total. The van der Waals surface area contributed by atoms with Crippen molar-refractivity contribution in [3.8, 4) is 5.88 Å². The van der Waals surface area contributed by atoms with E-state index in [-0.39, 0.29) is 6.61 Å². The molecule has 1 saturated heterocycles. The van der Waals surface area contributed by atoms with Gasteiger partial charge in [-0.15, -0.1) is 0 Å². The number of nitrogen functional groups attached to an aromatic ring is 1. The summed E-state index contributed by atoms with van der Waals surface area (Å²) < 4.78 is 5.09. The first-order valence-corrected chi connectivity index (χ1v) is 5.99. The van der Waals surface area contributed by atoms with Crippen LogP contribution >= 0.6 is 0 Å². The average molecular weight is 253 g/mol. The van der Waals surface area contributed by atoms with Gasteiger partial charge in [-0.05, 0) is 0 Å². The molecule has 0 unspecified atom stereocenters. The highest BCUT2D eigenvalue weighted by molar-refractivity contribution is 5.67. The van der Waals surface area contributed by atoms with Crippen LogP contribution < -0.4 is 15.4 Å². The number of rotatable bonds is 4. The van der Waals surface area contributed by atoms with E-state index in [1.165, 1.54) is 6.33 Å². The Morgan fingerprint density at radius 2 is 2.06 bits per heavy atom. The SMILES string of the molecule is COc1ncnc(N2CCN(CCO)CC2)c1N. The van der Waals surface area contributed by atoms with E-state index in [2.05, 4.69) is 19.8 Å². The molecule has 1 aromatic heterocycles. The van der Waals surface area contributed by atoms with Crippen LogP contribution in [-0.4, -0.2) is 66.4 Å². The Hall–Kier alpha value is -1.60. The summed E-state index contributed by atoms with van der Waals surface area (Å²) in [6.45, 7) is 4.38. The van der Waals surface area contributed by atoms with E-state index in [0.717, 1.165) is 38.5 Å². The molecule has 1 fully saturated rings. The maximum Gasteiger partial charge on any atom is 0.242 e. The van der Waals surface area contributed by atoms with Gasteiger partial charge in [-0.3, -0.25) is 4.90 Å². The quantitative estimate of drug-likeness (QED) is 0.725. The lowest BCUT2D eigenvalue weighted by Crippen LogP contribution is -2.47. The Morgan fingerprint density at radius 1 is 1.33 bits per heavy atom. The van der Waals surface area contributed by atoms with Crippen LogP contribution in [-0.2, 0) is 0 Å². The van der Waals surface area contributed by atoms with Crippen LogP contribution in [0.2, 0.25) is 0 Å². The smallest absolute Gasteiger partial charge is 0.242 e. The number of aromatic nitrogens is 2. The standard InChI is InChI=1S/C11H19N5O2/c1-18-11-9(12)10(13-8-14-11)16-4-2-15(3-5-16)6-7-17/h8,17H,2-7,12H2,1H3. The molecule has 2 heterocycles. The Balaban J connectivity index is 2.05. The minimum atomic E-state index is 0.198. The maximum absolute atomic E-state index is 8.90. The fourth-order valence-corrected chi connectivity index (χ4v) is 2.11.